The summed E-state index contributed by atoms with van der Waals surface area (Å²) in [5, 5.41) is 10.8. The van der Waals surface area contributed by atoms with Crippen LogP contribution in [-0.4, -0.2) is 39.2 Å². The van der Waals surface area contributed by atoms with E-state index in [4.69, 9.17) is 9.16 Å². The van der Waals surface area contributed by atoms with Crippen molar-refractivity contribution in [3.63, 3.8) is 0 Å². The van der Waals surface area contributed by atoms with Crippen LogP contribution in [0.4, 0.5) is 0 Å². The largest absolute Gasteiger partial charge is 0.465 e. The first-order chi connectivity index (χ1) is 13.0. The molecule has 0 aliphatic heterocycles. The van der Waals surface area contributed by atoms with Crippen LogP contribution in [0, 0.1) is 17.8 Å². The Morgan fingerprint density at radius 1 is 1.29 bits per heavy atom. The third-order valence-electron chi connectivity index (χ3n) is 6.84. The molecule has 160 valence electrons. The van der Waals surface area contributed by atoms with Gasteiger partial charge in [0.05, 0.1) is 13.2 Å². The maximum Gasteiger partial charge on any atom is 0.348 e. The Kier molecular flexibility index (Phi) is 7.93. The molecule has 1 saturated carbocycles. The summed E-state index contributed by atoms with van der Waals surface area (Å²) in [5.41, 5.74) is 0. The van der Waals surface area contributed by atoms with Gasteiger partial charge in [0, 0.05) is 11.5 Å². The van der Waals surface area contributed by atoms with Crippen LogP contribution in [0.25, 0.3) is 0 Å². The predicted octanol–water partition coefficient (Wildman–Crippen LogP) is 5.51. The Morgan fingerprint density at radius 3 is 2.57 bits per heavy atom. The average molecular weight is 427 g/mol. The van der Waals surface area contributed by atoms with E-state index in [2.05, 4.69) is 40.8 Å². The fraction of sp³-hybridized carbons (Fsp3) is 0.773. The fourth-order valence-electron chi connectivity index (χ4n) is 3.89. The van der Waals surface area contributed by atoms with Gasteiger partial charge in [0.15, 0.2) is 8.32 Å². The van der Waals surface area contributed by atoms with E-state index in [1.165, 1.54) is 23.3 Å². The molecule has 2 rings (SSSR count). The topological polar surface area (TPSA) is 55.8 Å². The summed E-state index contributed by atoms with van der Waals surface area (Å²) in [7, 11) is -0.360. The van der Waals surface area contributed by atoms with Crippen molar-refractivity contribution in [2.24, 2.45) is 17.8 Å². The highest BCUT2D eigenvalue weighted by atomic mass is 32.1. The maximum absolute atomic E-state index is 11.6. The number of esters is 1. The highest BCUT2D eigenvalue weighted by Crippen LogP contribution is 2.43. The minimum atomic E-state index is -1.77. The van der Waals surface area contributed by atoms with Gasteiger partial charge in [0.2, 0.25) is 0 Å². The van der Waals surface area contributed by atoms with Gasteiger partial charge in [0.25, 0.3) is 0 Å². The van der Waals surface area contributed by atoms with Crippen LogP contribution >= 0.6 is 11.3 Å². The predicted molar refractivity (Wildman–Crippen MR) is 119 cm³/mol. The summed E-state index contributed by atoms with van der Waals surface area (Å²) >= 11 is 1.51. The molecule has 1 unspecified atom stereocenters. The van der Waals surface area contributed by atoms with E-state index in [0.29, 0.717) is 22.6 Å². The molecule has 4 nitrogen and oxygen atoms in total. The number of aliphatic hydroxyl groups excluding tert-OH is 1. The number of hydrogen-bond acceptors (Lipinski definition) is 5. The number of hydrogen-bond donors (Lipinski definition) is 1. The molecule has 0 aromatic carbocycles. The minimum absolute atomic E-state index is 0.208. The average Bonchev–Trinajstić information content (AvgIpc) is 3.16. The Morgan fingerprint density at radius 2 is 1.96 bits per heavy atom. The third kappa shape index (κ3) is 5.68. The lowest BCUT2D eigenvalue weighted by Crippen LogP contribution is -2.43. The second-order valence-corrected chi connectivity index (χ2v) is 15.8. The lowest BCUT2D eigenvalue weighted by Gasteiger charge is -2.38. The second kappa shape index (κ2) is 9.41. The van der Waals surface area contributed by atoms with Gasteiger partial charge in [-0.25, -0.2) is 4.79 Å². The third-order valence-corrected chi connectivity index (χ3v) is 12.5. The van der Waals surface area contributed by atoms with Crippen LogP contribution < -0.4 is 0 Å². The van der Waals surface area contributed by atoms with E-state index in [0.717, 1.165) is 32.3 Å². The van der Waals surface area contributed by atoms with Crippen LogP contribution in [0.15, 0.2) is 12.1 Å². The molecule has 28 heavy (non-hydrogen) atoms. The Hall–Kier alpha value is -0.693. The first-order valence-electron chi connectivity index (χ1n) is 10.5. The summed E-state index contributed by atoms with van der Waals surface area (Å²) in [6.45, 7) is 14.4. The maximum atomic E-state index is 11.6. The van der Waals surface area contributed by atoms with Crippen molar-refractivity contribution in [1.82, 2.24) is 0 Å². The first-order valence-corrected chi connectivity index (χ1v) is 14.2. The van der Waals surface area contributed by atoms with Crippen molar-refractivity contribution in [3.05, 3.63) is 21.9 Å². The van der Waals surface area contributed by atoms with Gasteiger partial charge in [-0.3, -0.25) is 0 Å². The van der Waals surface area contributed by atoms with Crippen molar-refractivity contribution >= 4 is 25.6 Å². The van der Waals surface area contributed by atoms with Crippen molar-refractivity contribution in [2.75, 3.05) is 13.7 Å². The zero-order chi connectivity index (χ0) is 21.1. The molecule has 0 bridgehead atoms. The summed E-state index contributed by atoms with van der Waals surface area (Å²) in [6.07, 6.45) is 3.61. The lowest BCUT2D eigenvalue weighted by atomic mass is 9.87. The number of aryl methyl sites for hydroxylation is 1. The molecule has 1 fully saturated rings. The summed E-state index contributed by atoms with van der Waals surface area (Å²) in [4.78, 5) is 13.5. The molecule has 1 aliphatic rings. The first kappa shape index (κ1) is 23.6. The smallest absolute Gasteiger partial charge is 0.348 e. The molecular formula is C22H38O4SSi. The van der Waals surface area contributed by atoms with Gasteiger partial charge < -0.3 is 14.3 Å². The Labute approximate surface area is 175 Å². The van der Waals surface area contributed by atoms with Crippen molar-refractivity contribution in [3.8, 4) is 0 Å². The number of rotatable bonds is 8. The highest BCUT2D eigenvalue weighted by molar-refractivity contribution is 7.13. The highest BCUT2D eigenvalue weighted by Gasteiger charge is 2.43. The zero-order valence-corrected chi connectivity index (χ0v) is 20.4. The van der Waals surface area contributed by atoms with E-state index in [-0.39, 0.29) is 17.1 Å². The van der Waals surface area contributed by atoms with Crippen LogP contribution in [0.1, 0.15) is 61.5 Å². The summed E-state index contributed by atoms with van der Waals surface area (Å²) in [5.74, 6) is 0.967. The number of aliphatic hydroxyl groups is 1. The monoisotopic (exact) mass is 426 g/mol. The molecule has 0 spiro atoms. The molecule has 0 amide bonds. The summed E-state index contributed by atoms with van der Waals surface area (Å²) in [6, 6.07) is 3.86. The number of carbonyl (C=O) groups is 1. The van der Waals surface area contributed by atoms with Gasteiger partial charge in [-0.2, -0.15) is 0 Å². The molecule has 1 aromatic rings. The molecule has 0 saturated heterocycles. The number of methoxy groups -OCH3 is 1. The van der Waals surface area contributed by atoms with E-state index < -0.39 is 8.32 Å². The lowest BCUT2D eigenvalue weighted by molar-refractivity contribution is 0.0606. The van der Waals surface area contributed by atoms with Crippen LogP contribution in [0.3, 0.4) is 0 Å². The van der Waals surface area contributed by atoms with Crippen molar-refractivity contribution in [1.29, 1.82) is 0 Å². The van der Waals surface area contributed by atoms with E-state index in [1.54, 1.807) is 0 Å². The molecule has 1 aliphatic carbocycles. The summed E-state index contributed by atoms with van der Waals surface area (Å²) < 4.78 is 11.3. The Balaban J connectivity index is 1.91. The van der Waals surface area contributed by atoms with Gasteiger partial charge in [-0.05, 0) is 73.7 Å². The second-order valence-electron chi connectivity index (χ2n) is 9.83. The molecule has 4 atom stereocenters. The van der Waals surface area contributed by atoms with Gasteiger partial charge in [0.1, 0.15) is 4.88 Å². The van der Waals surface area contributed by atoms with Crippen LogP contribution in [0.5, 0.6) is 0 Å². The molecule has 0 radical (unpaired) electrons. The quantitative estimate of drug-likeness (QED) is 0.440. The Bertz CT molecular complexity index is 649. The number of thiophene rings is 1. The zero-order valence-electron chi connectivity index (χ0n) is 18.6. The molecule has 1 aromatic heterocycles. The van der Waals surface area contributed by atoms with Crippen LogP contribution in [0.2, 0.25) is 18.1 Å². The minimum Gasteiger partial charge on any atom is -0.465 e. The van der Waals surface area contributed by atoms with Gasteiger partial charge in [-0.1, -0.05) is 27.7 Å². The fourth-order valence-corrected chi connectivity index (χ4v) is 5.90. The standard InChI is InChI=1S/C22H38O4SSi/c1-15-13-19(23)17(18(15)14-26-28(6,7)22(2,3)4)10-8-9-16-11-12-20(27-16)21(24)25-5/h11-12,15,17-19,23H,8-10,13-14H2,1-7H3/t15-,17?,18+,19+/m1/s1. The van der Waals surface area contributed by atoms with E-state index in [9.17, 15) is 9.90 Å². The number of carbonyl (C=O) groups excluding carboxylic acids is 1. The van der Waals surface area contributed by atoms with Crippen LogP contribution in [-0.2, 0) is 15.6 Å². The van der Waals surface area contributed by atoms with Gasteiger partial charge >= 0.3 is 5.97 Å². The number of ether oxygens (including phenoxy) is 1. The van der Waals surface area contributed by atoms with Gasteiger partial charge in [-0.15, -0.1) is 11.3 Å². The molecular weight excluding hydrogens is 388 g/mol. The molecule has 1 N–H and O–H groups in total. The van der Waals surface area contributed by atoms with E-state index >= 15 is 0 Å². The molecule has 1 heterocycles. The van der Waals surface area contributed by atoms with Crippen molar-refractivity contribution < 1.29 is 19.1 Å². The SMILES string of the molecule is COC(=O)c1ccc(CCCC2[C@@H](CO[Si](C)(C)C(C)(C)C)[C@H](C)C[C@@H]2O)s1. The van der Waals surface area contributed by atoms with E-state index in [1.807, 2.05) is 12.1 Å². The van der Waals surface area contributed by atoms with Crippen molar-refractivity contribution in [2.45, 2.75) is 77.6 Å². The normalized spacial score (nSPS) is 25.9. The molecule has 6 heteroatoms.